The number of unbranched alkanes of at least 4 members (excludes halogenated alkanes) is 1. The van der Waals surface area contributed by atoms with Crippen LogP contribution in [0.2, 0.25) is 0 Å². The molecule has 1 fully saturated rings. The lowest BCUT2D eigenvalue weighted by molar-refractivity contribution is 0.113. The minimum Gasteiger partial charge on any atom is -0.382 e. The van der Waals surface area contributed by atoms with Crippen molar-refractivity contribution in [3.63, 3.8) is 0 Å². The molecular formula is C17H32N6O2. The van der Waals surface area contributed by atoms with E-state index in [1.54, 1.807) is 0 Å². The van der Waals surface area contributed by atoms with Crippen LogP contribution in [0, 0.1) is 6.92 Å². The van der Waals surface area contributed by atoms with E-state index in [1.165, 1.54) is 0 Å². The first-order chi connectivity index (χ1) is 12.2. The predicted molar refractivity (Wildman–Crippen MR) is 97.6 cm³/mol. The van der Waals surface area contributed by atoms with Crippen LogP contribution in [-0.4, -0.2) is 59.7 Å². The second-order valence-electron chi connectivity index (χ2n) is 6.23. The molecular weight excluding hydrogens is 320 g/mol. The number of aromatic nitrogens is 3. The molecule has 0 aliphatic carbocycles. The third-order valence-corrected chi connectivity index (χ3v) is 4.29. The molecule has 1 saturated heterocycles. The molecule has 0 aromatic carbocycles. The fourth-order valence-corrected chi connectivity index (χ4v) is 2.61. The van der Waals surface area contributed by atoms with E-state index >= 15 is 0 Å². The van der Waals surface area contributed by atoms with Crippen LogP contribution < -0.4 is 10.6 Å². The number of guanidine groups is 1. The van der Waals surface area contributed by atoms with Crippen molar-refractivity contribution in [3.05, 3.63) is 11.6 Å². The fourth-order valence-electron chi connectivity index (χ4n) is 2.61. The smallest absolute Gasteiger partial charge is 0.191 e. The number of hydrogen-bond donors (Lipinski definition) is 2. The maximum Gasteiger partial charge on any atom is 0.191 e. The van der Waals surface area contributed by atoms with Crippen LogP contribution in [0.4, 0.5) is 0 Å². The van der Waals surface area contributed by atoms with Crippen molar-refractivity contribution >= 4 is 5.96 Å². The van der Waals surface area contributed by atoms with Crippen molar-refractivity contribution in [2.45, 2.75) is 52.2 Å². The van der Waals surface area contributed by atoms with Crippen LogP contribution >= 0.6 is 0 Å². The molecule has 1 unspecified atom stereocenters. The summed E-state index contributed by atoms with van der Waals surface area (Å²) < 4.78 is 13.0. The Bertz CT molecular complexity index is 525. The van der Waals surface area contributed by atoms with E-state index in [-0.39, 0.29) is 6.10 Å². The van der Waals surface area contributed by atoms with Crippen LogP contribution in [0.15, 0.2) is 4.99 Å². The summed E-state index contributed by atoms with van der Waals surface area (Å²) in [6.45, 7) is 8.55. The average molecular weight is 352 g/mol. The molecule has 0 saturated carbocycles. The first-order valence-electron chi connectivity index (χ1n) is 9.27. The van der Waals surface area contributed by atoms with Crippen LogP contribution in [0.5, 0.6) is 0 Å². The number of aliphatic imine (C=N–C) groups is 1. The summed E-state index contributed by atoms with van der Waals surface area (Å²) in [5.41, 5.74) is 0. The summed E-state index contributed by atoms with van der Waals surface area (Å²) in [5, 5.41) is 15.0. The highest BCUT2D eigenvalue weighted by Gasteiger charge is 2.15. The molecule has 142 valence electrons. The molecule has 0 amide bonds. The first kappa shape index (κ1) is 19.7. The SMILES string of the molecule is CCOCCCCNC(=NCc1nnc(C)n1C)NCC1CCCO1. The van der Waals surface area contributed by atoms with E-state index in [0.29, 0.717) is 6.54 Å². The highest BCUT2D eigenvalue weighted by Crippen LogP contribution is 2.10. The Balaban J connectivity index is 1.81. The Morgan fingerprint density at radius 3 is 2.92 bits per heavy atom. The Kier molecular flexibility index (Phi) is 8.68. The van der Waals surface area contributed by atoms with Crippen LogP contribution in [0.3, 0.4) is 0 Å². The lowest BCUT2D eigenvalue weighted by Gasteiger charge is -2.15. The van der Waals surface area contributed by atoms with Gasteiger partial charge in [-0.15, -0.1) is 10.2 Å². The summed E-state index contributed by atoms with van der Waals surface area (Å²) in [6.07, 6.45) is 4.62. The molecule has 1 aromatic heterocycles. The summed E-state index contributed by atoms with van der Waals surface area (Å²) in [6, 6.07) is 0. The minimum atomic E-state index is 0.280. The number of nitrogens with one attached hydrogen (secondary N) is 2. The van der Waals surface area contributed by atoms with Gasteiger partial charge in [0.25, 0.3) is 0 Å². The lowest BCUT2D eigenvalue weighted by atomic mass is 10.2. The molecule has 2 N–H and O–H groups in total. The van der Waals surface area contributed by atoms with Gasteiger partial charge in [0, 0.05) is 40.0 Å². The number of aryl methyl sites for hydroxylation is 1. The van der Waals surface area contributed by atoms with Gasteiger partial charge in [0.2, 0.25) is 0 Å². The number of rotatable bonds is 10. The van der Waals surface area contributed by atoms with Gasteiger partial charge < -0.3 is 24.7 Å². The molecule has 25 heavy (non-hydrogen) atoms. The van der Waals surface area contributed by atoms with Gasteiger partial charge in [-0.3, -0.25) is 0 Å². The molecule has 8 heteroatoms. The maximum atomic E-state index is 5.67. The Morgan fingerprint density at radius 2 is 2.24 bits per heavy atom. The fraction of sp³-hybridized carbons (Fsp3) is 0.824. The van der Waals surface area contributed by atoms with E-state index in [9.17, 15) is 0 Å². The summed E-state index contributed by atoms with van der Waals surface area (Å²) in [7, 11) is 1.96. The summed E-state index contributed by atoms with van der Waals surface area (Å²) in [5.74, 6) is 2.54. The second-order valence-corrected chi connectivity index (χ2v) is 6.23. The van der Waals surface area contributed by atoms with Gasteiger partial charge in [0.1, 0.15) is 12.4 Å². The molecule has 0 spiro atoms. The van der Waals surface area contributed by atoms with E-state index in [4.69, 9.17) is 9.47 Å². The van der Waals surface area contributed by atoms with Crippen molar-refractivity contribution in [2.75, 3.05) is 32.9 Å². The monoisotopic (exact) mass is 352 g/mol. The van der Waals surface area contributed by atoms with Crippen molar-refractivity contribution in [3.8, 4) is 0 Å². The molecule has 1 aliphatic rings. The molecule has 2 rings (SSSR count). The van der Waals surface area contributed by atoms with Crippen molar-refractivity contribution in [2.24, 2.45) is 12.0 Å². The Morgan fingerprint density at radius 1 is 1.36 bits per heavy atom. The number of nitrogens with zero attached hydrogens (tertiary/aromatic N) is 4. The molecule has 2 heterocycles. The van der Waals surface area contributed by atoms with Crippen LogP contribution in [0.1, 0.15) is 44.3 Å². The van der Waals surface area contributed by atoms with Crippen molar-refractivity contribution in [1.82, 2.24) is 25.4 Å². The summed E-state index contributed by atoms with van der Waals surface area (Å²) in [4.78, 5) is 4.65. The van der Waals surface area contributed by atoms with Crippen molar-refractivity contribution in [1.29, 1.82) is 0 Å². The molecule has 8 nitrogen and oxygen atoms in total. The molecule has 1 atom stereocenters. The van der Waals surface area contributed by atoms with Gasteiger partial charge in [0.05, 0.1) is 6.10 Å². The highest BCUT2D eigenvalue weighted by atomic mass is 16.5. The zero-order valence-corrected chi connectivity index (χ0v) is 15.8. The minimum absolute atomic E-state index is 0.280. The van der Waals surface area contributed by atoms with E-state index < -0.39 is 0 Å². The molecule has 0 bridgehead atoms. The third-order valence-electron chi connectivity index (χ3n) is 4.29. The van der Waals surface area contributed by atoms with Gasteiger partial charge in [-0.25, -0.2) is 4.99 Å². The lowest BCUT2D eigenvalue weighted by Crippen LogP contribution is -2.41. The summed E-state index contributed by atoms with van der Waals surface area (Å²) >= 11 is 0. The van der Waals surface area contributed by atoms with Crippen LogP contribution in [0.25, 0.3) is 0 Å². The van der Waals surface area contributed by atoms with Gasteiger partial charge in [-0.2, -0.15) is 0 Å². The topological polar surface area (TPSA) is 85.6 Å². The zero-order chi connectivity index (χ0) is 17.9. The highest BCUT2D eigenvalue weighted by molar-refractivity contribution is 5.79. The Labute approximate surface area is 150 Å². The van der Waals surface area contributed by atoms with E-state index in [1.807, 2.05) is 25.5 Å². The van der Waals surface area contributed by atoms with Crippen LogP contribution in [-0.2, 0) is 23.1 Å². The number of hydrogen-bond acceptors (Lipinski definition) is 5. The number of ether oxygens (including phenoxy) is 2. The van der Waals surface area contributed by atoms with Gasteiger partial charge in [-0.05, 0) is 39.5 Å². The molecule has 1 aliphatic heterocycles. The predicted octanol–water partition coefficient (Wildman–Crippen LogP) is 1.15. The standard InChI is InChI=1S/C17H32N6O2/c1-4-24-10-6-5-9-18-17(19-12-15-8-7-11-25-15)20-13-16-22-21-14(2)23(16)3/h15H,4-13H2,1-3H3,(H2,18,19,20). The third kappa shape index (κ3) is 6.99. The Hall–Kier alpha value is -1.67. The molecule has 0 radical (unpaired) electrons. The average Bonchev–Trinajstić information content (AvgIpc) is 3.24. The van der Waals surface area contributed by atoms with E-state index in [2.05, 4.69) is 25.8 Å². The van der Waals surface area contributed by atoms with Gasteiger partial charge in [-0.1, -0.05) is 0 Å². The quantitative estimate of drug-likeness (QED) is 0.373. The zero-order valence-electron chi connectivity index (χ0n) is 15.8. The van der Waals surface area contributed by atoms with Gasteiger partial charge in [0.15, 0.2) is 11.8 Å². The largest absolute Gasteiger partial charge is 0.382 e. The molecule has 1 aromatic rings. The second kappa shape index (κ2) is 11.0. The maximum absolute atomic E-state index is 5.67. The van der Waals surface area contributed by atoms with E-state index in [0.717, 1.165) is 76.2 Å². The normalized spacial score (nSPS) is 17.9. The first-order valence-corrected chi connectivity index (χ1v) is 9.27. The van der Waals surface area contributed by atoms with Crippen molar-refractivity contribution < 1.29 is 9.47 Å². The van der Waals surface area contributed by atoms with Gasteiger partial charge >= 0.3 is 0 Å².